The Kier molecular flexibility index (Phi) is 10.5. The monoisotopic (exact) mass is 703 g/mol. The molecule has 7 nitrogen and oxygen atoms in total. The largest absolute Gasteiger partial charge is 0.490 e. The van der Waals surface area contributed by atoms with E-state index in [0.29, 0.717) is 24.5 Å². The van der Waals surface area contributed by atoms with Crippen LogP contribution < -0.4 is 4.74 Å². The summed E-state index contributed by atoms with van der Waals surface area (Å²) in [6.07, 6.45) is 2.23. The average Bonchev–Trinajstić information content (AvgIpc) is 3.48. The third-order valence-corrected chi connectivity index (χ3v) is 10.1. The smallest absolute Gasteiger partial charge is 0.290 e. The zero-order valence-corrected chi connectivity index (χ0v) is 29.5. The first kappa shape index (κ1) is 34.5. The molecule has 1 unspecified atom stereocenters. The van der Waals surface area contributed by atoms with Crippen LogP contribution in [0.3, 0.4) is 0 Å². The fraction of sp³-hybridized carbons (Fsp3) is 0.136. The van der Waals surface area contributed by atoms with Crippen LogP contribution in [0.2, 0.25) is 0 Å². The lowest BCUT2D eigenvalue weighted by molar-refractivity contribution is -0.129. The molecule has 0 bridgehead atoms. The predicted molar refractivity (Wildman–Crippen MR) is 206 cm³/mol. The Morgan fingerprint density at radius 3 is 1.79 bits per heavy atom. The SMILES string of the molecule is CC(=NOCCOc1ccc(CC2SC(=O)N(C(c3ccccc3)(c3ccccc3)c3ccccc3)C2=O)cc1)c1ccc(-c2ccccc2)cn1. The number of thioether (sulfide) groups is 1. The summed E-state index contributed by atoms with van der Waals surface area (Å²) >= 11 is 1.08. The molecule has 0 spiro atoms. The van der Waals surface area contributed by atoms with Crippen LogP contribution in [0.5, 0.6) is 5.75 Å². The van der Waals surface area contributed by atoms with E-state index in [1.54, 1.807) is 0 Å². The molecule has 7 rings (SSSR count). The van der Waals surface area contributed by atoms with Gasteiger partial charge in [-0.1, -0.05) is 156 Å². The van der Waals surface area contributed by atoms with Crippen LogP contribution in [0.15, 0.2) is 169 Å². The van der Waals surface area contributed by atoms with Crippen LogP contribution >= 0.6 is 11.8 Å². The third-order valence-electron chi connectivity index (χ3n) is 9.06. The lowest BCUT2D eigenvalue weighted by atomic mass is 9.75. The van der Waals surface area contributed by atoms with E-state index in [1.807, 2.05) is 159 Å². The number of rotatable bonds is 13. The lowest BCUT2D eigenvalue weighted by Gasteiger charge is -2.42. The fourth-order valence-electron chi connectivity index (χ4n) is 6.55. The summed E-state index contributed by atoms with van der Waals surface area (Å²) in [6, 6.07) is 51.0. The number of hydrogen-bond donors (Lipinski definition) is 0. The Balaban J connectivity index is 0.992. The van der Waals surface area contributed by atoms with Crippen molar-refractivity contribution in [2.45, 2.75) is 24.1 Å². The Morgan fingerprint density at radius 1 is 0.692 bits per heavy atom. The molecule has 1 aliphatic rings. The molecule has 2 amide bonds. The number of carbonyl (C=O) groups is 2. The summed E-state index contributed by atoms with van der Waals surface area (Å²) < 4.78 is 5.89. The number of nitrogens with zero attached hydrogens (tertiary/aromatic N) is 3. The molecule has 6 aromatic rings. The molecule has 0 aliphatic carbocycles. The maximum atomic E-state index is 14.4. The second-order valence-corrected chi connectivity index (χ2v) is 13.5. The van der Waals surface area contributed by atoms with Gasteiger partial charge >= 0.3 is 0 Å². The molecule has 8 heteroatoms. The van der Waals surface area contributed by atoms with E-state index < -0.39 is 10.8 Å². The van der Waals surface area contributed by atoms with Crippen molar-refractivity contribution in [1.29, 1.82) is 0 Å². The topological polar surface area (TPSA) is 81.1 Å². The molecule has 258 valence electrons. The Morgan fingerprint density at radius 2 is 1.25 bits per heavy atom. The molecular formula is C44H37N3O4S. The highest BCUT2D eigenvalue weighted by Crippen LogP contribution is 2.47. The first-order valence-corrected chi connectivity index (χ1v) is 18.0. The van der Waals surface area contributed by atoms with Gasteiger partial charge in [-0.05, 0) is 59.4 Å². The molecule has 1 aliphatic heterocycles. The minimum absolute atomic E-state index is 0.220. The zero-order valence-electron chi connectivity index (χ0n) is 28.7. The van der Waals surface area contributed by atoms with Gasteiger partial charge in [0.25, 0.3) is 5.24 Å². The maximum absolute atomic E-state index is 14.4. The van der Waals surface area contributed by atoms with Gasteiger partial charge in [-0.2, -0.15) is 0 Å². The lowest BCUT2D eigenvalue weighted by Crippen LogP contribution is -2.51. The maximum Gasteiger partial charge on any atom is 0.290 e. The summed E-state index contributed by atoms with van der Waals surface area (Å²) in [5, 5.41) is 3.35. The van der Waals surface area contributed by atoms with E-state index in [2.05, 4.69) is 22.3 Å². The summed E-state index contributed by atoms with van der Waals surface area (Å²) in [5.41, 5.74) is 5.89. The van der Waals surface area contributed by atoms with Crippen LogP contribution in [-0.4, -0.2) is 45.2 Å². The van der Waals surface area contributed by atoms with E-state index in [4.69, 9.17) is 9.57 Å². The summed E-state index contributed by atoms with van der Waals surface area (Å²) in [5.74, 6) is 0.452. The van der Waals surface area contributed by atoms with Gasteiger partial charge in [0.15, 0.2) is 6.61 Å². The molecule has 0 N–H and O–H groups in total. The quantitative estimate of drug-likeness (QED) is 0.0517. The highest BCUT2D eigenvalue weighted by Gasteiger charge is 2.53. The Bertz CT molecular complexity index is 2030. The van der Waals surface area contributed by atoms with E-state index in [-0.39, 0.29) is 17.8 Å². The highest BCUT2D eigenvalue weighted by atomic mass is 32.2. The van der Waals surface area contributed by atoms with Crippen molar-refractivity contribution < 1.29 is 19.2 Å². The second-order valence-electron chi connectivity index (χ2n) is 12.4. The van der Waals surface area contributed by atoms with E-state index in [9.17, 15) is 9.59 Å². The molecule has 1 saturated heterocycles. The molecule has 1 atom stereocenters. The Labute approximate surface area is 307 Å². The van der Waals surface area contributed by atoms with Gasteiger partial charge in [-0.15, -0.1) is 0 Å². The number of amides is 2. The van der Waals surface area contributed by atoms with Gasteiger partial charge in [0.05, 0.1) is 10.9 Å². The third kappa shape index (κ3) is 7.24. The van der Waals surface area contributed by atoms with Gasteiger partial charge in [-0.3, -0.25) is 19.5 Å². The minimum Gasteiger partial charge on any atom is -0.490 e. The number of ether oxygens (including phenoxy) is 1. The van der Waals surface area contributed by atoms with E-state index >= 15 is 0 Å². The van der Waals surface area contributed by atoms with Crippen molar-refractivity contribution in [2.75, 3.05) is 13.2 Å². The van der Waals surface area contributed by atoms with Gasteiger partial charge in [0, 0.05) is 11.8 Å². The van der Waals surface area contributed by atoms with Crippen LogP contribution in [0, 0.1) is 0 Å². The molecule has 2 heterocycles. The van der Waals surface area contributed by atoms with Crippen molar-refractivity contribution in [3.8, 4) is 16.9 Å². The fourth-order valence-corrected chi connectivity index (χ4v) is 7.60. The predicted octanol–water partition coefficient (Wildman–Crippen LogP) is 9.17. The normalized spacial score (nSPS) is 14.8. The second kappa shape index (κ2) is 15.9. The summed E-state index contributed by atoms with van der Waals surface area (Å²) in [4.78, 5) is 39.9. The van der Waals surface area contributed by atoms with Crippen LogP contribution in [0.1, 0.15) is 34.9 Å². The summed E-state index contributed by atoms with van der Waals surface area (Å²) in [6.45, 7) is 2.42. The van der Waals surface area contributed by atoms with Crippen LogP contribution in [0.4, 0.5) is 4.79 Å². The van der Waals surface area contributed by atoms with Crippen molar-refractivity contribution in [3.05, 3.63) is 192 Å². The van der Waals surface area contributed by atoms with Crippen molar-refractivity contribution in [1.82, 2.24) is 9.88 Å². The first-order valence-electron chi connectivity index (χ1n) is 17.2. The number of oxime groups is 1. The number of benzene rings is 5. The molecular weight excluding hydrogens is 667 g/mol. The first-order chi connectivity index (χ1) is 25.5. The average molecular weight is 704 g/mol. The van der Waals surface area contributed by atoms with Crippen LogP contribution in [0.25, 0.3) is 11.1 Å². The van der Waals surface area contributed by atoms with Gasteiger partial charge in [-0.25, -0.2) is 0 Å². The molecule has 0 saturated carbocycles. The molecule has 0 radical (unpaired) electrons. The number of pyridine rings is 1. The molecule has 1 aromatic heterocycles. The number of hydrogen-bond acceptors (Lipinski definition) is 7. The van der Waals surface area contributed by atoms with E-state index in [1.165, 1.54) is 4.90 Å². The molecule has 52 heavy (non-hydrogen) atoms. The van der Waals surface area contributed by atoms with Gasteiger partial charge in [0.1, 0.15) is 23.6 Å². The molecule has 1 fully saturated rings. The van der Waals surface area contributed by atoms with Gasteiger partial charge < -0.3 is 9.57 Å². The Hall–Kier alpha value is -5.99. The number of aromatic nitrogens is 1. The minimum atomic E-state index is -1.13. The number of carbonyl (C=O) groups excluding carboxylic acids is 2. The zero-order chi connectivity index (χ0) is 35.8. The number of imide groups is 1. The van der Waals surface area contributed by atoms with Crippen LogP contribution in [-0.2, 0) is 21.6 Å². The van der Waals surface area contributed by atoms with Crippen molar-refractivity contribution in [2.24, 2.45) is 5.16 Å². The standard InChI is InChI=1S/C44H37N3O4S/c1-32(40-27-24-35(31-45-40)34-14-6-2-7-15-34)46-51-29-28-50-39-25-22-33(23-26-39)30-41-42(48)47(43(49)52-41)44(36-16-8-3-9-17-36,37-18-10-4-11-19-37)38-20-12-5-13-21-38/h2-27,31,41H,28-30H2,1H3. The molecule has 5 aromatic carbocycles. The van der Waals surface area contributed by atoms with Crippen molar-refractivity contribution >= 4 is 28.6 Å². The van der Waals surface area contributed by atoms with Crippen molar-refractivity contribution in [3.63, 3.8) is 0 Å². The summed E-state index contributed by atoms with van der Waals surface area (Å²) in [7, 11) is 0. The highest BCUT2D eigenvalue weighted by molar-refractivity contribution is 8.15. The van der Waals surface area contributed by atoms with Gasteiger partial charge in [0.2, 0.25) is 5.91 Å². The van der Waals surface area contributed by atoms with E-state index in [0.717, 1.165) is 50.8 Å².